The molecule has 0 radical (unpaired) electrons. The number of halogens is 1. The van der Waals surface area contributed by atoms with Crippen molar-refractivity contribution < 1.29 is 4.79 Å². The third-order valence-electron chi connectivity index (χ3n) is 2.87. The van der Waals surface area contributed by atoms with Gasteiger partial charge in [-0.2, -0.15) is 5.10 Å². The Bertz CT molecular complexity index is 541. The lowest BCUT2D eigenvalue weighted by molar-refractivity contribution is -0.116. The van der Waals surface area contributed by atoms with Crippen molar-refractivity contribution in [2.24, 2.45) is 5.73 Å². The van der Waals surface area contributed by atoms with E-state index in [-0.39, 0.29) is 30.8 Å². The molecule has 5 nitrogen and oxygen atoms in total. The van der Waals surface area contributed by atoms with Crippen LogP contribution < -0.4 is 11.1 Å². The van der Waals surface area contributed by atoms with Crippen LogP contribution in [0.4, 0.5) is 5.69 Å². The molecule has 2 rings (SSSR count). The van der Waals surface area contributed by atoms with Crippen LogP contribution in [-0.4, -0.2) is 15.7 Å². The standard InChI is InChI=1S/C14H18N4O.ClH/c1-2-18-10-12(9-16-18)17-14(19)8-13(15)11-6-4-3-5-7-11;/h3-7,9-10,13H,2,8,15H2,1H3,(H,17,19);1H. The van der Waals surface area contributed by atoms with Crippen molar-refractivity contribution in [1.82, 2.24) is 9.78 Å². The normalized spacial score (nSPS) is 11.5. The molecule has 0 saturated carbocycles. The summed E-state index contributed by atoms with van der Waals surface area (Å²) in [5.74, 6) is -0.105. The van der Waals surface area contributed by atoms with Crippen LogP contribution in [0.15, 0.2) is 42.7 Å². The first-order chi connectivity index (χ1) is 9.19. The first kappa shape index (κ1) is 16.2. The molecule has 1 aromatic carbocycles. The van der Waals surface area contributed by atoms with Crippen molar-refractivity contribution in [1.29, 1.82) is 0 Å². The van der Waals surface area contributed by atoms with E-state index in [1.54, 1.807) is 17.1 Å². The monoisotopic (exact) mass is 294 g/mol. The highest BCUT2D eigenvalue weighted by Gasteiger charge is 2.12. The molecule has 1 unspecified atom stereocenters. The van der Waals surface area contributed by atoms with Crippen molar-refractivity contribution in [3.63, 3.8) is 0 Å². The van der Waals surface area contributed by atoms with E-state index >= 15 is 0 Å². The Balaban J connectivity index is 0.00000200. The van der Waals surface area contributed by atoms with Crippen LogP contribution in [-0.2, 0) is 11.3 Å². The number of carbonyl (C=O) groups is 1. The summed E-state index contributed by atoms with van der Waals surface area (Å²) < 4.78 is 1.76. The molecule has 0 saturated heterocycles. The number of nitrogens with one attached hydrogen (secondary N) is 1. The fourth-order valence-corrected chi connectivity index (χ4v) is 1.83. The highest BCUT2D eigenvalue weighted by atomic mass is 35.5. The van der Waals surface area contributed by atoms with Gasteiger partial charge in [0.1, 0.15) is 0 Å². The smallest absolute Gasteiger partial charge is 0.226 e. The number of amides is 1. The zero-order chi connectivity index (χ0) is 13.7. The molecule has 0 aliphatic rings. The number of aryl methyl sites for hydroxylation is 1. The number of aromatic nitrogens is 2. The molecule has 1 atom stereocenters. The SMILES string of the molecule is CCn1cc(NC(=O)CC(N)c2ccccc2)cn1.Cl. The summed E-state index contributed by atoms with van der Waals surface area (Å²) in [7, 11) is 0. The van der Waals surface area contributed by atoms with Gasteiger partial charge < -0.3 is 11.1 Å². The number of hydrogen-bond acceptors (Lipinski definition) is 3. The highest BCUT2D eigenvalue weighted by Crippen LogP contribution is 2.14. The van der Waals surface area contributed by atoms with E-state index in [2.05, 4.69) is 10.4 Å². The van der Waals surface area contributed by atoms with Crippen LogP contribution in [0.2, 0.25) is 0 Å². The van der Waals surface area contributed by atoms with Gasteiger partial charge in [0.05, 0.1) is 11.9 Å². The topological polar surface area (TPSA) is 72.9 Å². The maximum absolute atomic E-state index is 11.9. The summed E-state index contributed by atoms with van der Waals surface area (Å²) in [6, 6.07) is 9.31. The molecule has 2 aromatic rings. The second-order valence-corrected chi connectivity index (χ2v) is 4.35. The average Bonchev–Trinajstić information content (AvgIpc) is 2.87. The van der Waals surface area contributed by atoms with E-state index in [4.69, 9.17) is 5.73 Å². The number of hydrogen-bond donors (Lipinski definition) is 2. The molecule has 3 N–H and O–H groups in total. The summed E-state index contributed by atoms with van der Waals surface area (Å²) in [6.07, 6.45) is 3.68. The Hall–Kier alpha value is -1.85. The summed E-state index contributed by atoms with van der Waals surface area (Å²) in [6.45, 7) is 2.77. The number of rotatable bonds is 5. The van der Waals surface area contributed by atoms with Crippen LogP contribution in [0, 0.1) is 0 Å². The minimum atomic E-state index is -0.289. The summed E-state index contributed by atoms with van der Waals surface area (Å²) in [5, 5.41) is 6.89. The Labute approximate surface area is 124 Å². The maximum Gasteiger partial charge on any atom is 0.226 e. The van der Waals surface area contributed by atoms with Gasteiger partial charge in [-0.1, -0.05) is 30.3 Å². The van der Waals surface area contributed by atoms with Gasteiger partial charge in [-0.3, -0.25) is 9.48 Å². The van der Waals surface area contributed by atoms with Crippen LogP contribution in [0.5, 0.6) is 0 Å². The molecule has 1 aromatic heterocycles. The molecule has 0 aliphatic heterocycles. The first-order valence-corrected chi connectivity index (χ1v) is 6.32. The molecule has 0 spiro atoms. The molecule has 0 bridgehead atoms. The van der Waals surface area contributed by atoms with Crippen LogP contribution in [0.1, 0.15) is 24.9 Å². The van der Waals surface area contributed by atoms with Crippen molar-refractivity contribution in [3.05, 3.63) is 48.3 Å². The van der Waals surface area contributed by atoms with E-state index in [0.29, 0.717) is 5.69 Å². The molecule has 6 heteroatoms. The fraction of sp³-hybridized carbons (Fsp3) is 0.286. The lowest BCUT2D eigenvalue weighted by atomic mass is 10.0. The van der Waals surface area contributed by atoms with Gasteiger partial charge in [0.2, 0.25) is 5.91 Å². The first-order valence-electron chi connectivity index (χ1n) is 6.32. The van der Waals surface area contributed by atoms with E-state index in [9.17, 15) is 4.79 Å². The third kappa shape index (κ3) is 4.36. The van der Waals surface area contributed by atoms with Gasteiger partial charge in [-0.15, -0.1) is 12.4 Å². The summed E-state index contributed by atoms with van der Waals surface area (Å²) in [5.41, 5.74) is 7.66. The Morgan fingerprint density at radius 3 is 2.70 bits per heavy atom. The second-order valence-electron chi connectivity index (χ2n) is 4.35. The van der Waals surface area contributed by atoms with Crippen LogP contribution in [0.25, 0.3) is 0 Å². The van der Waals surface area contributed by atoms with Crippen molar-refractivity contribution >= 4 is 24.0 Å². The van der Waals surface area contributed by atoms with Gasteiger partial charge in [0.15, 0.2) is 0 Å². The number of nitrogens with two attached hydrogens (primary N) is 1. The molecule has 20 heavy (non-hydrogen) atoms. The summed E-state index contributed by atoms with van der Waals surface area (Å²) in [4.78, 5) is 11.9. The maximum atomic E-state index is 11.9. The van der Waals surface area contributed by atoms with Crippen molar-refractivity contribution in [2.45, 2.75) is 25.9 Å². The number of carbonyl (C=O) groups excluding carboxylic acids is 1. The minimum Gasteiger partial charge on any atom is -0.324 e. The molecular weight excluding hydrogens is 276 g/mol. The molecule has 0 aliphatic carbocycles. The van der Waals surface area contributed by atoms with Gasteiger partial charge in [0.25, 0.3) is 0 Å². The average molecular weight is 295 g/mol. The Morgan fingerprint density at radius 1 is 1.40 bits per heavy atom. The molecular formula is C14H19ClN4O. The minimum absolute atomic E-state index is 0. The van der Waals surface area contributed by atoms with E-state index < -0.39 is 0 Å². The lowest BCUT2D eigenvalue weighted by Crippen LogP contribution is -2.20. The van der Waals surface area contributed by atoms with Crippen LogP contribution in [0.3, 0.4) is 0 Å². The fourth-order valence-electron chi connectivity index (χ4n) is 1.83. The third-order valence-corrected chi connectivity index (χ3v) is 2.87. The van der Waals surface area contributed by atoms with E-state index in [1.807, 2.05) is 37.3 Å². The van der Waals surface area contributed by atoms with Gasteiger partial charge in [-0.25, -0.2) is 0 Å². The van der Waals surface area contributed by atoms with E-state index in [0.717, 1.165) is 12.1 Å². The van der Waals surface area contributed by atoms with Gasteiger partial charge in [-0.05, 0) is 12.5 Å². The number of benzene rings is 1. The molecule has 108 valence electrons. The van der Waals surface area contributed by atoms with Crippen LogP contribution >= 0.6 is 12.4 Å². The van der Waals surface area contributed by atoms with Crippen molar-refractivity contribution in [2.75, 3.05) is 5.32 Å². The molecule has 1 heterocycles. The predicted molar refractivity (Wildman–Crippen MR) is 81.8 cm³/mol. The van der Waals surface area contributed by atoms with E-state index in [1.165, 1.54) is 0 Å². The number of nitrogens with zero attached hydrogens (tertiary/aromatic N) is 2. The Morgan fingerprint density at radius 2 is 2.10 bits per heavy atom. The quantitative estimate of drug-likeness (QED) is 0.889. The Kier molecular flexibility index (Phi) is 6.21. The number of anilines is 1. The zero-order valence-electron chi connectivity index (χ0n) is 11.3. The van der Waals surface area contributed by atoms with Crippen molar-refractivity contribution in [3.8, 4) is 0 Å². The highest BCUT2D eigenvalue weighted by molar-refractivity contribution is 5.90. The zero-order valence-corrected chi connectivity index (χ0v) is 12.1. The second kappa shape index (κ2) is 7.67. The predicted octanol–water partition coefficient (Wildman–Crippen LogP) is 2.35. The molecule has 1 amide bonds. The molecule has 0 fully saturated rings. The van der Waals surface area contributed by atoms with Gasteiger partial charge in [0, 0.05) is 25.2 Å². The summed E-state index contributed by atoms with van der Waals surface area (Å²) >= 11 is 0. The van der Waals surface area contributed by atoms with Gasteiger partial charge >= 0.3 is 0 Å². The lowest BCUT2D eigenvalue weighted by Gasteiger charge is -2.11. The largest absolute Gasteiger partial charge is 0.324 e.